The zero-order chi connectivity index (χ0) is 21.0. The first kappa shape index (κ1) is 18.6. The summed E-state index contributed by atoms with van der Waals surface area (Å²) in [4.78, 5) is 14.6. The van der Waals surface area contributed by atoms with Crippen molar-refractivity contribution in [1.29, 1.82) is 0 Å². The van der Waals surface area contributed by atoms with E-state index >= 15 is 0 Å². The normalized spacial score (nSPS) is 17.6. The molecule has 0 fully saturated rings. The first-order chi connectivity index (χ1) is 14.6. The van der Waals surface area contributed by atoms with Crippen LogP contribution in [0.4, 0.5) is 0 Å². The Balaban J connectivity index is 1.83. The average molecular weight is 405 g/mol. The number of hydrogen-bond acceptors (Lipinski definition) is 5. The maximum atomic E-state index is 12.7. The molecule has 0 spiro atoms. The van der Waals surface area contributed by atoms with E-state index in [1.54, 1.807) is 28.4 Å². The Morgan fingerprint density at radius 2 is 1.50 bits per heavy atom. The van der Waals surface area contributed by atoms with Crippen LogP contribution in [0.2, 0.25) is 0 Å². The highest BCUT2D eigenvalue weighted by atomic mass is 16.5. The smallest absolute Gasteiger partial charge is 0.289 e. The molecule has 1 unspecified atom stereocenters. The number of amides is 1. The molecular weight excluding hydrogens is 382 g/mol. The highest BCUT2D eigenvalue weighted by Gasteiger charge is 2.38. The number of carbonyl (C=O) groups excluding carboxylic acids is 1. The van der Waals surface area contributed by atoms with Crippen LogP contribution in [0.3, 0.4) is 0 Å². The Morgan fingerprint density at radius 3 is 2.17 bits per heavy atom. The highest BCUT2D eigenvalue weighted by molar-refractivity contribution is 6.12. The molecule has 0 saturated heterocycles. The Hall–Kier alpha value is -3.41. The maximum absolute atomic E-state index is 12.7. The largest absolute Gasteiger partial charge is 0.497 e. The summed E-state index contributed by atoms with van der Waals surface area (Å²) < 4.78 is 21.9. The molecule has 0 radical (unpaired) electrons. The van der Waals surface area contributed by atoms with Gasteiger partial charge in [0.1, 0.15) is 5.75 Å². The zero-order valence-corrected chi connectivity index (χ0v) is 17.4. The molecule has 1 atom stereocenters. The lowest BCUT2D eigenvalue weighted by Crippen LogP contribution is -2.39. The number of benzene rings is 3. The molecule has 3 aromatic rings. The molecule has 6 heteroatoms. The van der Waals surface area contributed by atoms with Crippen LogP contribution in [0.1, 0.15) is 11.1 Å². The van der Waals surface area contributed by atoms with Gasteiger partial charge in [0.2, 0.25) is 0 Å². The van der Waals surface area contributed by atoms with Crippen LogP contribution < -0.4 is 14.2 Å². The molecule has 1 amide bonds. The van der Waals surface area contributed by atoms with Gasteiger partial charge in [-0.25, -0.2) is 0 Å². The highest BCUT2D eigenvalue weighted by Crippen LogP contribution is 2.44. The molecule has 0 N–H and O–H groups in total. The number of fused-ring (bicyclic) bond motifs is 7. The third-order valence-electron chi connectivity index (χ3n) is 6.23. The van der Waals surface area contributed by atoms with Gasteiger partial charge in [0.25, 0.3) is 5.91 Å². The Morgan fingerprint density at radius 1 is 0.800 bits per heavy atom. The van der Waals surface area contributed by atoms with Gasteiger partial charge >= 0.3 is 0 Å². The van der Waals surface area contributed by atoms with Gasteiger partial charge in [-0.2, -0.15) is 0 Å². The quantitative estimate of drug-likeness (QED) is 0.618. The molecule has 154 valence electrons. The Kier molecular flexibility index (Phi) is 4.24. The molecule has 30 heavy (non-hydrogen) atoms. The number of carbonyl (C=O) groups is 1. The van der Waals surface area contributed by atoms with Crippen LogP contribution in [0, 0.1) is 0 Å². The van der Waals surface area contributed by atoms with Gasteiger partial charge in [-0.3, -0.25) is 4.79 Å². The zero-order valence-electron chi connectivity index (χ0n) is 17.4. The van der Waals surface area contributed by atoms with Crippen molar-refractivity contribution in [2.75, 3.05) is 28.4 Å². The summed E-state index contributed by atoms with van der Waals surface area (Å²) in [7, 11) is 6.50. The van der Waals surface area contributed by atoms with Gasteiger partial charge < -0.3 is 23.8 Å². The van der Waals surface area contributed by atoms with Crippen molar-refractivity contribution in [2.24, 2.45) is 0 Å². The van der Waals surface area contributed by atoms with Gasteiger partial charge in [-0.05, 0) is 69.4 Å². The van der Waals surface area contributed by atoms with Gasteiger partial charge in [-0.1, -0.05) is 6.07 Å². The minimum atomic E-state index is -0.0535. The predicted octanol–water partition coefficient (Wildman–Crippen LogP) is 3.82. The van der Waals surface area contributed by atoms with E-state index in [2.05, 4.69) is 6.07 Å². The molecule has 0 aromatic heterocycles. The van der Waals surface area contributed by atoms with Crippen molar-refractivity contribution in [3.63, 3.8) is 0 Å². The number of nitrogens with zero attached hydrogens (tertiary/aromatic N) is 1. The summed E-state index contributed by atoms with van der Waals surface area (Å²) in [6.45, 7) is 0.537. The number of rotatable bonds is 4. The summed E-state index contributed by atoms with van der Waals surface area (Å²) in [6.07, 6.45) is 2.65. The number of methoxy groups -OCH3 is 4. The average Bonchev–Trinajstić information content (AvgIpc) is 3.11. The van der Waals surface area contributed by atoms with Gasteiger partial charge in [0.15, 0.2) is 17.3 Å². The molecular formula is C24H23NO5. The lowest BCUT2D eigenvalue weighted by atomic mass is 9.85. The van der Waals surface area contributed by atoms with Crippen LogP contribution >= 0.6 is 0 Å². The van der Waals surface area contributed by atoms with Crippen molar-refractivity contribution in [2.45, 2.75) is 19.0 Å². The van der Waals surface area contributed by atoms with E-state index in [1.807, 2.05) is 35.2 Å². The molecule has 2 heterocycles. The minimum absolute atomic E-state index is 0.00746. The molecule has 0 saturated carbocycles. The molecule has 3 aromatic carbocycles. The van der Waals surface area contributed by atoms with Crippen molar-refractivity contribution in [3.8, 4) is 17.2 Å². The fourth-order valence-electron chi connectivity index (χ4n) is 4.75. The molecule has 2 aliphatic heterocycles. The summed E-state index contributed by atoms with van der Waals surface area (Å²) in [5.74, 6) is 2.52. The van der Waals surface area contributed by atoms with Crippen LogP contribution in [-0.2, 0) is 22.5 Å². The lowest BCUT2D eigenvalue weighted by Gasteiger charge is -2.33. The van der Waals surface area contributed by atoms with Crippen molar-refractivity contribution in [3.05, 3.63) is 53.3 Å². The van der Waals surface area contributed by atoms with E-state index in [9.17, 15) is 4.79 Å². The predicted molar refractivity (Wildman–Crippen MR) is 114 cm³/mol. The van der Waals surface area contributed by atoms with Crippen LogP contribution in [0.15, 0.2) is 42.2 Å². The SMILES string of the molecule is COC1=CC2Cc3c(c4ccc(OC)cc4c4cc(OC)c(OC)cc34)CN2C1=O. The standard InChI is InChI=1S/C24H23NO5/c1-27-14-5-6-15-17(9-14)19-11-22(29-3)21(28-2)10-18(19)16-7-13-8-23(30-4)24(26)25(13)12-20(15)16/h5-6,8-11,13H,7,12H2,1-4H3. The monoisotopic (exact) mass is 405 g/mol. The topological polar surface area (TPSA) is 57.2 Å². The van der Waals surface area contributed by atoms with Crippen molar-refractivity contribution < 1.29 is 23.7 Å². The van der Waals surface area contributed by atoms with E-state index in [0.29, 0.717) is 23.8 Å². The maximum Gasteiger partial charge on any atom is 0.289 e. The summed E-state index contributed by atoms with van der Waals surface area (Å²) in [5, 5.41) is 4.36. The second kappa shape index (κ2) is 6.83. The van der Waals surface area contributed by atoms with E-state index in [1.165, 1.54) is 5.56 Å². The fraction of sp³-hybridized carbons (Fsp3) is 0.292. The molecule has 6 nitrogen and oxygen atoms in total. The fourth-order valence-corrected chi connectivity index (χ4v) is 4.75. The molecule has 5 rings (SSSR count). The minimum Gasteiger partial charge on any atom is -0.497 e. The van der Waals surface area contributed by atoms with Gasteiger partial charge in [-0.15, -0.1) is 0 Å². The number of ether oxygens (including phenoxy) is 4. The number of hydrogen-bond donors (Lipinski definition) is 0. The second-order valence-electron chi connectivity index (χ2n) is 7.56. The summed E-state index contributed by atoms with van der Waals surface area (Å²) >= 11 is 0. The first-order valence-electron chi connectivity index (χ1n) is 9.83. The summed E-state index contributed by atoms with van der Waals surface area (Å²) in [6, 6.07) is 10.1. The van der Waals surface area contributed by atoms with E-state index in [4.69, 9.17) is 18.9 Å². The Labute approximate surface area is 174 Å². The van der Waals surface area contributed by atoms with Gasteiger partial charge in [0, 0.05) is 6.54 Å². The summed E-state index contributed by atoms with van der Waals surface area (Å²) in [5.41, 5.74) is 2.38. The molecule has 0 bridgehead atoms. The van der Waals surface area contributed by atoms with E-state index in [-0.39, 0.29) is 11.9 Å². The van der Waals surface area contributed by atoms with Crippen LogP contribution in [0.5, 0.6) is 17.2 Å². The lowest BCUT2D eigenvalue weighted by molar-refractivity contribution is -0.130. The van der Waals surface area contributed by atoms with Gasteiger partial charge in [0.05, 0.1) is 34.5 Å². The van der Waals surface area contributed by atoms with E-state index < -0.39 is 0 Å². The van der Waals surface area contributed by atoms with Crippen LogP contribution in [0.25, 0.3) is 21.5 Å². The first-order valence-corrected chi connectivity index (χ1v) is 9.83. The van der Waals surface area contributed by atoms with E-state index in [0.717, 1.165) is 39.3 Å². The third-order valence-corrected chi connectivity index (χ3v) is 6.23. The van der Waals surface area contributed by atoms with Crippen molar-refractivity contribution in [1.82, 2.24) is 4.90 Å². The molecule has 2 aliphatic rings. The van der Waals surface area contributed by atoms with Crippen molar-refractivity contribution >= 4 is 27.5 Å². The second-order valence-corrected chi connectivity index (χ2v) is 7.56. The third kappa shape index (κ3) is 2.53. The van der Waals surface area contributed by atoms with Crippen LogP contribution in [-0.4, -0.2) is 45.3 Å². The Bertz CT molecular complexity index is 1230. The molecule has 0 aliphatic carbocycles.